The van der Waals surface area contributed by atoms with Gasteiger partial charge in [0.25, 0.3) is 0 Å². The Morgan fingerprint density at radius 2 is 1.50 bits per heavy atom. The van der Waals surface area contributed by atoms with Crippen LogP contribution in [0.25, 0.3) is 0 Å². The van der Waals surface area contributed by atoms with E-state index in [1.165, 1.54) is 44.1 Å². The molecule has 0 aromatic carbocycles. The Bertz CT molecular complexity index is 370. The van der Waals surface area contributed by atoms with Gasteiger partial charge in [-0.25, -0.2) is 0 Å². The van der Waals surface area contributed by atoms with Gasteiger partial charge in [-0.05, 0) is 44.4 Å². The number of hydrogen-bond donors (Lipinski definition) is 3. The van der Waals surface area contributed by atoms with Gasteiger partial charge >= 0.3 is 0 Å². The number of hydrogen-bond acceptors (Lipinski definition) is 5. The van der Waals surface area contributed by atoms with Crippen molar-refractivity contribution in [3.63, 3.8) is 0 Å². The van der Waals surface area contributed by atoms with Gasteiger partial charge in [0.1, 0.15) is 12.2 Å². The molecule has 0 radical (unpaired) electrons. The van der Waals surface area contributed by atoms with Crippen LogP contribution in [0.2, 0.25) is 0 Å². The Morgan fingerprint density at radius 1 is 0.857 bits per heavy atom. The van der Waals surface area contributed by atoms with E-state index in [4.69, 9.17) is 19.7 Å². The highest BCUT2D eigenvalue weighted by molar-refractivity contribution is 4.97. The smallest absolute Gasteiger partial charge is 0.101 e. The fourth-order valence-corrected chi connectivity index (χ4v) is 3.04. The predicted molar refractivity (Wildman–Crippen MR) is 115 cm³/mol. The molecule has 0 saturated heterocycles. The molecule has 0 aliphatic heterocycles. The molecule has 5 heteroatoms. The molecule has 0 rings (SSSR count). The van der Waals surface area contributed by atoms with Gasteiger partial charge in [-0.15, -0.1) is 0 Å². The minimum atomic E-state index is -0.892. The van der Waals surface area contributed by atoms with Crippen LogP contribution >= 0.6 is 0 Å². The molecule has 0 aromatic rings. The lowest BCUT2D eigenvalue weighted by atomic mass is 9.94. The van der Waals surface area contributed by atoms with E-state index < -0.39 is 12.2 Å². The van der Waals surface area contributed by atoms with Crippen LogP contribution in [0.5, 0.6) is 0 Å². The minimum Gasteiger partial charge on any atom is -0.394 e. The molecule has 0 amide bonds. The molecule has 0 aromatic heterocycles. The summed E-state index contributed by atoms with van der Waals surface area (Å²) in [5.41, 5.74) is 1.46. The SMILES string of the molecule is C/C(=C/CCCOCC(O)COCC(O)CO)CCCC(C)CCCC(C)C. The lowest BCUT2D eigenvalue weighted by Gasteiger charge is -2.13. The summed E-state index contributed by atoms with van der Waals surface area (Å²) in [5, 5.41) is 27.5. The van der Waals surface area contributed by atoms with Crippen LogP contribution in [0.1, 0.15) is 79.1 Å². The molecule has 0 bridgehead atoms. The van der Waals surface area contributed by atoms with E-state index in [0.717, 1.165) is 24.7 Å². The van der Waals surface area contributed by atoms with Crippen molar-refractivity contribution in [2.75, 3.05) is 33.0 Å². The predicted octanol–water partition coefficient (Wildman–Crippen LogP) is 4.09. The zero-order valence-corrected chi connectivity index (χ0v) is 18.7. The van der Waals surface area contributed by atoms with Crippen LogP contribution in [-0.4, -0.2) is 60.6 Å². The molecule has 168 valence electrons. The number of ether oxygens (including phenoxy) is 2. The number of rotatable bonds is 19. The zero-order valence-electron chi connectivity index (χ0n) is 18.7. The molecule has 0 heterocycles. The molecule has 3 N–H and O–H groups in total. The monoisotopic (exact) mass is 402 g/mol. The lowest BCUT2D eigenvalue weighted by molar-refractivity contribution is -0.0479. The first kappa shape index (κ1) is 27.5. The quantitative estimate of drug-likeness (QED) is 0.224. The fourth-order valence-electron chi connectivity index (χ4n) is 3.04. The van der Waals surface area contributed by atoms with Crippen molar-refractivity contribution in [1.29, 1.82) is 0 Å². The Morgan fingerprint density at radius 3 is 2.18 bits per heavy atom. The molecule has 0 aliphatic rings. The van der Waals surface area contributed by atoms with Crippen molar-refractivity contribution in [3.8, 4) is 0 Å². The van der Waals surface area contributed by atoms with Crippen molar-refractivity contribution in [3.05, 3.63) is 11.6 Å². The summed E-state index contributed by atoms with van der Waals surface area (Å²) in [6.07, 6.45) is 10.5. The Kier molecular flexibility index (Phi) is 18.3. The van der Waals surface area contributed by atoms with E-state index in [2.05, 4.69) is 33.8 Å². The van der Waals surface area contributed by atoms with Crippen LogP contribution in [-0.2, 0) is 9.47 Å². The van der Waals surface area contributed by atoms with Crippen LogP contribution in [0.4, 0.5) is 0 Å². The van der Waals surface area contributed by atoms with Crippen molar-refractivity contribution in [2.24, 2.45) is 11.8 Å². The average Bonchev–Trinajstić information content (AvgIpc) is 2.64. The third kappa shape index (κ3) is 18.9. The summed E-state index contributed by atoms with van der Waals surface area (Å²) in [6, 6.07) is 0. The molecule has 0 spiro atoms. The summed E-state index contributed by atoms with van der Waals surface area (Å²) < 4.78 is 10.6. The summed E-state index contributed by atoms with van der Waals surface area (Å²) in [6.45, 7) is 9.83. The fraction of sp³-hybridized carbons (Fsp3) is 0.913. The summed E-state index contributed by atoms with van der Waals surface area (Å²) in [5.74, 6) is 1.66. The molecule has 0 aliphatic carbocycles. The molecule has 28 heavy (non-hydrogen) atoms. The van der Waals surface area contributed by atoms with E-state index in [1.54, 1.807) is 0 Å². The maximum atomic E-state index is 9.70. The van der Waals surface area contributed by atoms with Gasteiger partial charge in [-0.2, -0.15) is 0 Å². The van der Waals surface area contributed by atoms with Gasteiger partial charge in [-0.1, -0.05) is 58.1 Å². The standard InChI is InChI=1S/C23H46O5/c1-19(2)9-7-11-21(4)13-8-12-20(3)10-5-6-14-27-17-23(26)18-28-16-22(25)15-24/h10,19,21-26H,5-9,11-18H2,1-4H3/b20-10-. The van der Waals surface area contributed by atoms with Gasteiger partial charge in [0, 0.05) is 6.61 Å². The topological polar surface area (TPSA) is 79.2 Å². The van der Waals surface area contributed by atoms with E-state index in [-0.39, 0.29) is 26.4 Å². The highest BCUT2D eigenvalue weighted by atomic mass is 16.5. The minimum absolute atomic E-state index is 0.0222. The van der Waals surface area contributed by atoms with E-state index in [0.29, 0.717) is 6.61 Å². The van der Waals surface area contributed by atoms with Crippen molar-refractivity contribution < 1.29 is 24.8 Å². The first-order valence-electron chi connectivity index (χ1n) is 11.1. The normalized spacial score (nSPS) is 15.8. The molecular weight excluding hydrogens is 356 g/mol. The Hall–Kier alpha value is -0.460. The van der Waals surface area contributed by atoms with E-state index in [1.807, 2.05) is 0 Å². The van der Waals surface area contributed by atoms with Crippen molar-refractivity contribution in [1.82, 2.24) is 0 Å². The lowest BCUT2D eigenvalue weighted by Crippen LogP contribution is -2.26. The summed E-state index contributed by atoms with van der Waals surface area (Å²) in [4.78, 5) is 0. The largest absolute Gasteiger partial charge is 0.394 e. The van der Waals surface area contributed by atoms with E-state index >= 15 is 0 Å². The van der Waals surface area contributed by atoms with Gasteiger partial charge in [0.2, 0.25) is 0 Å². The van der Waals surface area contributed by atoms with Gasteiger partial charge in [0.05, 0.1) is 26.4 Å². The van der Waals surface area contributed by atoms with Crippen LogP contribution < -0.4 is 0 Å². The van der Waals surface area contributed by atoms with Gasteiger partial charge in [0.15, 0.2) is 0 Å². The number of unbranched alkanes of at least 4 members (excludes halogenated alkanes) is 1. The third-order valence-electron chi connectivity index (χ3n) is 4.87. The maximum absolute atomic E-state index is 9.70. The molecule has 3 unspecified atom stereocenters. The van der Waals surface area contributed by atoms with E-state index in [9.17, 15) is 5.11 Å². The second-order valence-corrected chi connectivity index (χ2v) is 8.62. The summed E-state index contributed by atoms with van der Waals surface area (Å²) >= 11 is 0. The average molecular weight is 403 g/mol. The van der Waals surface area contributed by atoms with Crippen LogP contribution in [0.3, 0.4) is 0 Å². The third-order valence-corrected chi connectivity index (χ3v) is 4.87. The van der Waals surface area contributed by atoms with Crippen LogP contribution in [0, 0.1) is 11.8 Å². The Labute approximate surface area is 173 Å². The zero-order chi connectivity index (χ0) is 21.2. The molecular formula is C23H46O5. The highest BCUT2D eigenvalue weighted by Gasteiger charge is 2.07. The van der Waals surface area contributed by atoms with Crippen molar-refractivity contribution in [2.45, 2.75) is 91.3 Å². The number of aliphatic hydroxyl groups excluding tert-OH is 3. The first-order valence-corrected chi connectivity index (χ1v) is 11.1. The Balaban J connectivity index is 3.56. The summed E-state index contributed by atoms with van der Waals surface area (Å²) in [7, 11) is 0. The van der Waals surface area contributed by atoms with Gasteiger partial charge in [-0.3, -0.25) is 0 Å². The highest BCUT2D eigenvalue weighted by Crippen LogP contribution is 2.19. The molecule has 0 fully saturated rings. The second kappa shape index (κ2) is 18.6. The van der Waals surface area contributed by atoms with Crippen LogP contribution in [0.15, 0.2) is 11.6 Å². The maximum Gasteiger partial charge on any atom is 0.101 e. The molecule has 0 saturated carbocycles. The number of aliphatic hydroxyl groups is 3. The number of allylic oxidation sites excluding steroid dienone is 2. The second-order valence-electron chi connectivity index (χ2n) is 8.62. The first-order chi connectivity index (χ1) is 13.3. The van der Waals surface area contributed by atoms with Gasteiger partial charge < -0.3 is 24.8 Å². The van der Waals surface area contributed by atoms with Crippen molar-refractivity contribution >= 4 is 0 Å². The molecule has 5 nitrogen and oxygen atoms in total. The molecule has 3 atom stereocenters.